The summed E-state index contributed by atoms with van der Waals surface area (Å²) in [5.74, 6) is -0.746. The average molecular weight is 279 g/mol. The van der Waals surface area contributed by atoms with Gasteiger partial charge in [0.15, 0.2) is 0 Å². The van der Waals surface area contributed by atoms with E-state index in [1.807, 2.05) is 6.92 Å². The maximum absolute atomic E-state index is 11.7. The van der Waals surface area contributed by atoms with Gasteiger partial charge in [-0.1, -0.05) is 32.1 Å². The van der Waals surface area contributed by atoms with Gasteiger partial charge < -0.3 is 9.84 Å². The molecule has 0 amide bonds. The highest BCUT2D eigenvalue weighted by Gasteiger charge is 2.26. The Hall–Kier alpha value is -2.21. The predicted octanol–water partition coefficient (Wildman–Crippen LogP) is 2.53. The molecule has 0 radical (unpaired) electrons. The van der Waals surface area contributed by atoms with Gasteiger partial charge in [-0.05, 0) is 12.5 Å². The minimum Gasteiger partial charge on any atom is -0.462 e. The molecule has 0 fully saturated rings. The molecule has 0 saturated heterocycles. The summed E-state index contributed by atoms with van der Waals surface area (Å²) < 4.78 is 4.92. The summed E-state index contributed by atoms with van der Waals surface area (Å²) in [5, 5.41) is 20.9. The highest BCUT2D eigenvalue weighted by atomic mass is 16.6. The van der Waals surface area contributed by atoms with Crippen LogP contribution in [0.4, 0.5) is 5.69 Å². The number of para-hydroxylation sites is 1. The third-order valence-electron chi connectivity index (χ3n) is 2.75. The summed E-state index contributed by atoms with van der Waals surface area (Å²) in [5.41, 5.74) is -0.451. The summed E-state index contributed by atoms with van der Waals surface area (Å²) in [7, 11) is 0. The highest BCUT2D eigenvalue weighted by Crippen LogP contribution is 2.29. The van der Waals surface area contributed by atoms with Crippen LogP contribution in [-0.4, -0.2) is 22.6 Å². The van der Waals surface area contributed by atoms with E-state index >= 15 is 0 Å². The Labute approximate surface area is 116 Å². The van der Waals surface area contributed by atoms with Gasteiger partial charge in [-0.2, -0.15) is 0 Å². The number of esters is 1. The lowest BCUT2D eigenvalue weighted by atomic mass is 10.0. The maximum Gasteiger partial charge on any atom is 0.336 e. The van der Waals surface area contributed by atoms with Crippen molar-refractivity contribution in [1.29, 1.82) is 0 Å². The normalized spacial score (nSPS) is 11.7. The lowest BCUT2D eigenvalue weighted by Crippen LogP contribution is -2.15. The first-order valence-corrected chi connectivity index (χ1v) is 6.26. The summed E-state index contributed by atoms with van der Waals surface area (Å²) in [6, 6.07) is 5.67. The number of hydrogen-bond acceptors (Lipinski definition) is 5. The molecule has 0 aliphatic carbocycles. The Morgan fingerprint density at radius 3 is 2.75 bits per heavy atom. The van der Waals surface area contributed by atoms with Crippen molar-refractivity contribution in [3.05, 3.63) is 52.1 Å². The zero-order chi connectivity index (χ0) is 15.1. The van der Waals surface area contributed by atoms with Crippen LogP contribution in [0, 0.1) is 10.1 Å². The summed E-state index contributed by atoms with van der Waals surface area (Å²) in [6.07, 6.45) is 0.123. The van der Waals surface area contributed by atoms with E-state index < -0.39 is 17.0 Å². The van der Waals surface area contributed by atoms with Gasteiger partial charge in [0, 0.05) is 6.07 Å². The first-order chi connectivity index (χ1) is 9.49. The first-order valence-electron chi connectivity index (χ1n) is 6.26. The lowest BCUT2D eigenvalue weighted by molar-refractivity contribution is -0.386. The van der Waals surface area contributed by atoms with E-state index in [1.54, 1.807) is 6.07 Å². The molecule has 0 spiro atoms. The number of aliphatic hydroxyl groups is 1. The lowest BCUT2D eigenvalue weighted by Gasteiger charge is -2.13. The molecule has 20 heavy (non-hydrogen) atoms. The number of unbranched alkanes of at least 4 members (excludes halogenated alkanes) is 1. The van der Waals surface area contributed by atoms with E-state index in [-0.39, 0.29) is 23.4 Å². The molecule has 0 aliphatic heterocycles. The van der Waals surface area contributed by atoms with Crippen molar-refractivity contribution in [2.24, 2.45) is 0 Å². The molecule has 1 aromatic rings. The predicted molar refractivity (Wildman–Crippen MR) is 73.1 cm³/mol. The SMILES string of the molecule is C=C(C(=O)OCCCC)[C@H](O)c1ccccc1[N+](=O)[O-]. The number of aliphatic hydroxyl groups excluding tert-OH is 1. The van der Waals surface area contributed by atoms with Gasteiger partial charge in [0.05, 0.1) is 22.7 Å². The molecule has 0 saturated carbocycles. The fraction of sp³-hybridized carbons (Fsp3) is 0.357. The number of carbonyl (C=O) groups excluding carboxylic acids is 1. The minimum atomic E-state index is -1.45. The van der Waals surface area contributed by atoms with Crippen LogP contribution in [0.15, 0.2) is 36.4 Å². The smallest absolute Gasteiger partial charge is 0.336 e. The summed E-state index contributed by atoms with van der Waals surface area (Å²) in [6.45, 7) is 5.65. The number of hydrogen-bond donors (Lipinski definition) is 1. The monoisotopic (exact) mass is 279 g/mol. The number of carbonyl (C=O) groups is 1. The van der Waals surface area contributed by atoms with Crippen molar-refractivity contribution < 1.29 is 19.6 Å². The van der Waals surface area contributed by atoms with Crippen molar-refractivity contribution in [2.75, 3.05) is 6.61 Å². The minimum absolute atomic E-state index is 0.0231. The van der Waals surface area contributed by atoms with Crippen LogP contribution < -0.4 is 0 Å². The van der Waals surface area contributed by atoms with Gasteiger partial charge in [0.2, 0.25) is 0 Å². The molecule has 6 nitrogen and oxygen atoms in total. The fourth-order valence-corrected chi connectivity index (χ4v) is 1.59. The molecule has 6 heteroatoms. The molecule has 0 aromatic heterocycles. The number of nitrogens with zero attached hydrogens (tertiary/aromatic N) is 1. The standard InChI is InChI=1S/C14H17NO5/c1-3-4-9-20-14(17)10(2)13(16)11-7-5-6-8-12(11)15(18)19/h5-8,13,16H,2-4,9H2,1H3/t13-/m0/s1. The third kappa shape index (κ3) is 3.89. The largest absolute Gasteiger partial charge is 0.462 e. The van der Waals surface area contributed by atoms with Crippen molar-refractivity contribution >= 4 is 11.7 Å². The van der Waals surface area contributed by atoms with E-state index in [9.17, 15) is 20.0 Å². The van der Waals surface area contributed by atoms with E-state index in [0.29, 0.717) is 6.42 Å². The molecule has 1 atom stereocenters. The molecular formula is C14H17NO5. The number of nitro benzene ring substituents is 1. The Balaban J connectivity index is 2.84. The van der Waals surface area contributed by atoms with Crippen LogP contribution in [0.1, 0.15) is 31.4 Å². The second kappa shape index (κ2) is 7.40. The highest BCUT2D eigenvalue weighted by molar-refractivity contribution is 5.89. The Kier molecular flexibility index (Phi) is 5.86. The van der Waals surface area contributed by atoms with Crippen molar-refractivity contribution in [3.8, 4) is 0 Å². The van der Waals surface area contributed by atoms with Crippen molar-refractivity contribution in [3.63, 3.8) is 0 Å². The quantitative estimate of drug-likeness (QED) is 0.272. The molecular weight excluding hydrogens is 262 g/mol. The van der Waals surface area contributed by atoms with Crippen LogP contribution in [0.25, 0.3) is 0 Å². The summed E-state index contributed by atoms with van der Waals surface area (Å²) in [4.78, 5) is 21.9. The number of nitro groups is 1. The van der Waals surface area contributed by atoms with E-state index in [1.165, 1.54) is 18.2 Å². The van der Waals surface area contributed by atoms with E-state index in [0.717, 1.165) is 6.42 Å². The van der Waals surface area contributed by atoms with Crippen molar-refractivity contribution in [1.82, 2.24) is 0 Å². The van der Waals surface area contributed by atoms with Gasteiger partial charge in [-0.15, -0.1) is 0 Å². The van der Waals surface area contributed by atoms with E-state index in [2.05, 4.69) is 6.58 Å². The van der Waals surface area contributed by atoms with E-state index in [4.69, 9.17) is 4.74 Å². The third-order valence-corrected chi connectivity index (χ3v) is 2.75. The van der Waals surface area contributed by atoms with Crippen LogP contribution in [0.5, 0.6) is 0 Å². The van der Waals surface area contributed by atoms with Gasteiger partial charge in [-0.3, -0.25) is 10.1 Å². The molecule has 1 aromatic carbocycles. The maximum atomic E-state index is 11.7. The summed E-state index contributed by atoms with van der Waals surface area (Å²) >= 11 is 0. The van der Waals surface area contributed by atoms with Crippen LogP contribution in [0.2, 0.25) is 0 Å². The number of benzene rings is 1. The fourth-order valence-electron chi connectivity index (χ4n) is 1.59. The molecule has 0 heterocycles. The Morgan fingerprint density at radius 2 is 2.15 bits per heavy atom. The Bertz CT molecular complexity index is 512. The number of rotatable bonds is 7. The molecule has 1 rings (SSSR count). The molecule has 0 aliphatic rings. The van der Waals surface area contributed by atoms with Crippen LogP contribution in [0.3, 0.4) is 0 Å². The second-order valence-corrected chi connectivity index (χ2v) is 4.23. The zero-order valence-electron chi connectivity index (χ0n) is 11.2. The number of ether oxygens (including phenoxy) is 1. The van der Waals surface area contributed by atoms with Gasteiger partial charge in [-0.25, -0.2) is 4.79 Å². The average Bonchev–Trinajstić information content (AvgIpc) is 2.45. The van der Waals surface area contributed by atoms with Gasteiger partial charge in [0.25, 0.3) is 5.69 Å². The molecule has 0 bridgehead atoms. The van der Waals surface area contributed by atoms with Gasteiger partial charge in [0.1, 0.15) is 6.10 Å². The topological polar surface area (TPSA) is 89.7 Å². The Morgan fingerprint density at radius 1 is 1.50 bits per heavy atom. The van der Waals surface area contributed by atoms with Crippen molar-refractivity contribution in [2.45, 2.75) is 25.9 Å². The van der Waals surface area contributed by atoms with Crippen LogP contribution in [-0.2, 0) is 9.53 Å². The first kappa shape index (κ1) is 15.8. The molecule has 108 valence electrons. The zero-order valence-corrected chi connectivity index (χ0v) is 11.2. The molecule has 0 unspecified atom stereocenters. The van der Waals surface area contributed by atoms with Crippen LogP contribution >= 0.6 is 0 Å². The second-order valence-electron chi connectivity index (χ2n) is 4.23. The van der Waals surface area contributed by atoms with Gasteiger partial charge >= 0.3 is 5.97 Å². The molecule has 1 N–H and O–H groups in total.